The average Bonchev–Trinajstić information content (AvgIpc) is 3.01. The van der Waals surface area contributed by atoms with Crippen LogP contribution >= 0.6 is 21.6 Å². The van der Waals surface area contributed by atoms with Crippen LogP contribution in [0, 0.1) is 11.3 Å². The number of allylic oxidation sites excluding steroid dienone is 11. The van der Waals surface area contributed by atoms with Gasteiger partial charge in [0.05, 0.1) is 0 Å². The Hall–Kier alpha value is -2.45. The van der Waals surface area contributed by atoms with Gasteiger partial charge in [-0.3, -0.25) is 14.4 Å². The molecule has 0 unspecified atom stereocenters. The number of nitrogens with one attached hydrogen (secondary N) is 3. The van der Waals surface area contributed by atoms with Gasteiger partial charge in [0.25, 0.3) is 0 Å². The number of hydrogen-bond acceptors (Lipinski definition) is 5. The van der Waals surface area contributed by atoms with E-state index in [2.05, 4.69) is 104 Å². The van der Waals surface area contributed by atoms with Gasteiger partial charge in [-0.15, -0.1) is 0 Å². The zero-order chi connectivity index (χ0) is 32.7. The van der Waals surface area contributed by atoms with Crippen LogP contribution in [0.1, 0.15) is 92.4 Å². The van der Waals surface area contributed by atoms with Crippen molar-refractivity contribution in [3.05, 3.63) is 72.9 Å². The fraction of sp³-hybridized carbons (Fsp3) is 0.583. The molecule has 0 bridgehead atoms. The molecule has 0 aromatic rings. The summed E-state index contributed by atoms with van der Waals surface area (Å²) in [7, 11) is 3.35. The fourth-order valence-corrected chi connectivity index (χ4v) is 5.38. The number of carbonyl (C=O) groups is 3. The van der Waals surface area contributed by atoms with Crippen molar-refractivity contribution in [2.75, 3.05) is 31.1 Å². The zero-order valence-electron chi connectivity index (χ0n) is 27.9. The molecule has 8 heteroatoms. The second-order valence-electron chi connectivity index (χ2n) is 11.1. The predicted molar refractivity (Wildman–Crippen MR) is 195 cm³/mol. The minimum Gasteiger partial charge on any atom is -0.355 e. The van der Waals surface area contributed by atoms with Crippen molar-refractivity contribution in [3.63, 3.8) is 0 Å². The van der Waals surface area contributed by atoms with E-state index in [1.807, 2.05) is 19.1 Å². The first kappa shape index (κ1) is 41.5. The van der Waals surface area contributed by atoms with Crippen molar-refractivity contribution in [2.24, 2.45) is 11.3 Å². The Morgan fingerprint density at radius 2 is 1.05 bits per heavy atom. The van der Waals surface area contributed by atoms with E-state index >= 15 is 0 Å². The first-order valence-electron chi connectivity index (χ1n) is 16.2. The molecule has 0 heterocycles. The maximum absolute atomic E-state index is 12.3. The SMILES string of the molecule is CC/C=C\C/C=C\C/C=C\C/C=C\C/C=C\C/C=C\CC(=O)NCCSSCCNC(=O)CCNC(=O)[C@H](C)C(C)(C)CC. The van der Waals surface area contributed by atoms with Crippen LogP contribution in [0.3, 0.4) is 0 Å². The molecule has 0 spiro atoms. The lowest BCUT2D eigenvalue weighted by Gasteiger charge is -2.29. The molecule has 0 saturated carbocycles. The molecule has 0 fully saturated rings. The third-order valence-corrected chi connectivity index (χ3v) is 9.53. The van der Waals surface area contributed by atoms with Gasteiger partial charge in [0.15, 0.2) is 0 Å². The monoisotopic (exact) mass is 645 g/mol. The smallest absolute Gasteiger partial charge is 0.223 e. The molecular formula is C36H59N3O3S2. The van der Waals surface area contributed by atoms with Crippen molar-refractivity contribution < 1.29 is 14.4 Å². The van der Waals surface area contributed by atoms with E-state index in [9.17, 15) is 14.4 Å². The van der Waals surface area contributed by atoms with E-state index in [0.717, 1.165) is 56.5 Å². The third kappa shape index (κ3) is 26.0. The number of hydrogen-bond donors (Lipinski definition) is 3. The largest absolute Gasteiger partial charge is 0.355 e. The Bertz CT molecular complexity index is 952. The Balaban J connectivity index is 3.65. The molecule has 0 aromatic heterocycles. The predicted octanol–water partition coefficient (Wildman–Crippen LogP) is 8.27. The summed E-state index contributed by atoms with van der Waals surface area (Å²) < 4.78 is 0. The standard InChI is InChI=1S/C36H59N3O3S2/c1-6-8-9-10-11-12-13-14-15-16-17-18-19-20-21-22-23-24-25-33(40)37-28-30-43-44-31-29-38-34(41)26-27-39-35(42)32(3)36(4,5)7-2/h8-9,11-12,14-15,17-18,20-21,23-24,32H,6-7,10,13,16,19,22,25-31H2,1-5H3,(H,37,40)(H,38,41)(H,39,42)/b9-8-,12-11-,15-14-,18-17-,21-20-,24-23-/t32-/m0/s1. The normalized spacial score (nSPS) is 13.3. The van der Waals surface area contributed by atoms with Gasteiger partial charge in [-0.2, -0.15) is 0 Å². The highest BCUT2D eigenvalue weighted by molar-refractivity contribution is 8.76. The molecule has 0 aliphatic carbocycles. The summed E-state index contributed by atoms with van der Waals surface area (Å²) in [5, 5.41) is 8.69. The zero-order valence-corrected chi connectivity index (χ0v) is 29.6. The molecule has 0 radical (unpaired) electrons. The molecule has 6 nitrogen and oxygen atoms in total. The highest BCUT2D eigenvalue weighted by Gasteiger charge is 2.29. The first-order chi connectivity index (χ1) is 21.2. The Kier molecular flexibility index (Phi) is 27.6. The second kappa shape index (κ2) is 29.3. The summed E-state index contributed by atoms with van der Waals surface area (Å²) in [6, 6.07) is 0. The van der Waals surface area contributed by atoms with Gasteiger partial charge in [-0.05, 0) is 43.9 Å². The van der Waals surface area contributed by atoms with Crippen LogP contribution in [0.5, 0.6) is 0 Å². The van der Waals surface area contributed by atoms with Crippen LogP contribution in [-0.4, -0.2) is 48.9 Å². The van der Waals surface area contributed by atoms with Crippen LogP contribution < -0.4 is 16.0 Å². The molecule has 0 aliphatic heterocycles. The van der Waals surface area contributed by atoms with E-state index in [-0.39, 0.29) is 35.5 Å². The van der Waals surface area contributed by atoms with Crippen LogP contribution in [0.15, 0.2) is 72.9 Å². The molecule has 0 aromatic carbocycles. The van der Waals surface area contributed by atoms with Crippen molar-refractivity contribution in [1.29, 1.82) is 0 Å². The van der Waals surface area contributed by atoms with E-state index in [1.54, 1.807) is 21.6 Å². The summed E-state index contributed by atoms with van der Waals surface area (Å²) in [5.41, 5.74) is -0.0566. The number of rotatable bonds is 26. The van der Waals surface area contributed by atoms with E-state index < -0.39 is 0 Å². The van der Waals surface area contributed by atoms with Gasteiger partial charge >= 0.3 is 0 Å². The highest BCUT2D eigenvalue weighted by atomic mass is 33.1. The minimum absolute atomic E-state index is 0.000979. The van der Waals surface area contributed by atoms with Gasteiger partial charge in [0.2, 0.25) is 17.7 Å². The molecule has 0 saturated heterocycles. The molecule has 44 heavy (non-hydrogen) atoms. The third-order valence-electron chi connectivity index (χ3n) is 7.13. The van der Waals surface area contributed by atoms with Crippen molar-refractivity contribution >= 4 is 39.3 Å². The Morgan fingerprint density at radius 1 is 0.614 bits per heavy atom. The van der Waals surface area contributed by atoms with E-state index in [1.165, 1.54) is 0 Å². The molecule has 0 aliphatic rings. The molecular weight excluding hydrogens is 587 g/mol. The minimum atomic E-state index is -0.0922. The molecule has 3 amide bonds. The summed E-state index contributed by atoms with van der Waals surface area (Å²) in [4.78, 5) is 36.2. The van der Waals surface area contributed by atoms with Crippen LogP contribution in [0.4, 0.5) is 0 Å². The van der Waals surface area contributed by atoms with Gasteiger partial charge < -0.3 is 16.0 Å². The summed E-state index contributed by atoms with van der Waals surface area (Å²) in [5.74, 6) is 1.48. The Morgan fingerprint density at radius 3 is 1.50 bits per heavy atom. The van der Waals surface area contributed by atoms with Gasteiger partial charge in [-0.1, -0.05) is 136 Å². The van der Waals surface area contributed by atoms with Gasteiger partial charge in [0, 0.05) is 49.9 Å². The second-order valence-corrected chi connectivity index (χ2v) is 13.8. The summed E-state index contributed by atoms with van der Waals surface area (Å²) >= 11 is 0. The Labute approximate surface area is 276 Å². The molecule has 3 N–H and O–H groups in total. The van der Waals surface area contributed by atoms with E-state index in [4.69, 9.17) is 0 Å². The van der Waals surface area contributed by atoms with E-state index in [0.29, 0.717) is 26.1 Å². The quantitative estimate of drug-likeness (QED) is 0.0501. The van der Waals surface area contributed by atoms with Crippen LogP contribution in [0.25, 0.3) is 0 Å². The van der Waals surface area contributed by atoms with Crippen molar-refractivity contribution in [3.8, 4) is 0 Å². The van der Waals surface area contributed by atoms with Crippen molar-refractivity contribution in [2.45, 2.75) is 92.4 Å². The first-order valence-corrected chi connectivity index (χ1v) is 18.7. The van der Waals surface area contributed by atoms with Gasteiger partial charge in [0.1, 0.15) is 0 Å². The van der Waals surface area contributed by atoms with Gasteiger partial charge in [-0.25, -0.2) is 0 Å². The molecule has 248 valence electrons. The lowest BCUT2D eigenvalue weighted by molar-refractivity contribution is -0.128. The average molecular weight is 646 g/mol. The topological polar surface area (TPSA) is 87.3 Å². The summed E-state index contributed by atoms with van der Waals surface area (Å²) in [6.07, 6.45) is 33.2. The number of amides is 3. The van der Waals surface area contributed by atoms with Crippen molar-refractivity contribution in [1.82, 2.24) is 16.0 Å². The molecule has 1 atom stereocenters. The van der Waals surface area contributed by atoms with Crippen LogP contribution in [-0.2, 0) is 14.4 Å². The lowest BCUT2D eigenvalue weighted by atomic mass is 9.77. The maximum atomic E-state index is 12.3. The lowest BCUT2D eigenvalue weighted by Crippen LogP contribution is -2.39. The maximum Gasteiger partial charge on any atom is 0.223 e. The summed E-state index contributed by atoms with van der Waals surface area (Å²) in [6.45, 7) is 11.9. The highest BCUT2D eigenvalue weighted by Crippen LogP contribution is 2.30. The fourth-order valence-electron chi connectivity index (χ4n) is 3.57. The van der Waals surface area contributed by atoms with Crippen LogP contribution in [0.2, 0.25) is 0 Å². The number of carbonyl (C=O) groups excluding carboxylic acids is 3. The molecule has 0 rings (SSSR count).